The number of carbonyl (C=O) groups is 3. The molecule has 0 amide bonds. The largest absolute Gasteiger partial charge is 0.458 e. The summed E-state index contributed by atoms with van der Waals surface area (Å²) in [6, 6.07) is 0. The van der Waals surface area contributed by atoms with Crippen molar-refractivity contribution in [3.8, 4) is 0 Å². The molecule has 7 heteroatoms. The van der Waals surface area contributed by atoms with Crippen molar-refractivity contribution < 1.29 is 33.3 Å². The lowest BCUT2D eigenvalue weighted by Gasteiger charge is -2.64. The van der Waals surface area contributed by atoms with Gasteiger partial charge in [-0.3, -0.25) is 4.79 Å². The molecule has 6 aliphatic carbocycles. The molecule has 0 spiro atoms. The first-order chi connectivity index (χ1) is 15.2. The number of hydrogen-bond donors (Lipinski definition) is 0. The van der Waals surface area contributed by atoms with Crippen LogP contribution >= 0.6 is 0 Å². The zero-order valence-electron chi connectivity index (χ0n) is 18.8. The van der Waals surface area contributed by atoms with Gasteiger partial charge in [0.25, 0.3) is 0 Å². The third-order valence-electron chi connectivity index (χ3n) is 9.62. The molecule has 7 fully saturated rings. The molecular formula is C25H32O7. The van der Waals surface area contributed by atoms with Gasteiger partial charge in [0.05, 0.1) is 11.5 Å². The maximum absolute atomic E-state index is 13.1. The summed E-state index contributed by atoms with van der Waals surface area (Å²) in [5.41, 5.74) is -1.02. The Balaban J connectivity index is 1.17. The Bertz CT molecular complexity index is 884. The predicted molar refractivity (Wildman–Crippen MR) is 111 cm³/mol. The average molecular weight is 445 g/mol. The first-order valence-corrected chi connectivity index (χ1v) is 12.2. The summed E-state index contributed by atoms with van der Waals surface area (Å²) >= 11 is 0. The van der Waals surface area contributed by atoms with Gasteiger partial charge in [-0.1, -0.05) is 13.5 Å². The Labute approximate surface area is 188 Å². The number of carbonyl (C=O) groups excluding carboxylic acids is 3. The molecule has 7 rings (SSSR count). The fourth-order valence-corrected chi connectivity index (χ4v) is 8.51. The van der Waals surface area contributed by atoms with Crippen molar-refractivity contribution in [3.63, 3.8) is 0 Å². The summed E-state index contributed by atoms with van der Waals surface area (Å²) < 4.78 is 23.9. The van der Waals surface area contributed by atoms with E-state index in [9.17, 15) is 14.4 Å². The molecule has 32 heavy (non-hydrogen) atoms. The van der Waals surface area contributed by atoms with Crippen molar-refractivity contribution in [1.29, 1.82) is 0 Å². The molecule has 1 heterocycles. The van der Waals surface area contributed by atoms with E-state index in [0.717, 1.165) is 38.5 Å². The highest BCUT2D eigenvalue weighted by molar-refractivity contribution is 5.81. The third kappa shape index (κ3) is 2.85. The van der Waals surface area contributed by atoms with Gasteiger partial charge < -0.3 is 18.9 Å². The highest BCUT2D eigenvalue weighted by Gasteiger charge is 2.65. The topological polar surface area (TPSA) is 88.1 Å². The summed E-state index contributed by atoms with van der Waals surface area (Å²) in [6.45, 7) is 7.51. The van der Waals surface area contributed by atoms with E-state index in [1.165, 1.54) is 6.08 Å². The van der Waals surface area contributed by atoms with Gasteiger partial charge in [-0.25, -0.2) is 9.59 Å². The van der Waals surface area contributed by atoms with E-state index in [4.69, 9.17) is 18.9 Å². The van der Waals surface area contributed by atoms with Crippen molar-refractivity contribution in [2.45, 2.75) is 88.3 Å². The molecule has 0 radical (unpaired) electrons. The van der Waals surface area contributed by atoms with Crippen molar-refractivity contribution in [2.24, 2.45) is 35.5 Å². The first-order valence-electron chi connectivity index (χ1n) is 12.2. The molecule has 0 aromatic carbocycles. The molecule has 6 saturated carbocycles. The van der Waals surface area contributed by atoms with Crippen LogP contribution in [0.2, 0.25) is 0 Å². The van der Waals surface area contributed by atoms with Crippen LogP contribution in [0.1, 0.15) is 58.8 Å². The van der Waals surface area contributed by atoms with Crippen molar-refractivity contribution in [2.75, 3.05) is 0 Å². The fraction of sp³-hybridized carbons (Fsp3) is 0.800. The molecular weight excluding hydrogens is 412 g/mol. The van der Waals surface area contributed by atoms with Crippen LogP contribution < -0.4 is 0 Å². The second kappa shape index (κ2) is 6.81. The molecule has 0 aromatic heterocycles. The van der Waals surface area contributed by atoms with Crippen molar-refractivity contribution in [1.82, 2.24) is 0 Å². The van der Waals surface area contributed by atoms with Crippen LogP contribution in [-0.4, -0.2) is 47.4 Å². The minimum Gasteiger partial charge on any atom is -0.458 e. The summed E-state index contributed by atoms with van der Waals surface area (Å²) in [6.07, 6.45) is 5.85. The van der Waals surface area contributed by atoms with Crippen LogP contribution in [0.4, 0.5) is 0 Å². The Hall–Kier alpha value is -1.89. The van der Waals surface area contributed by atoms with Crippen molar-refractivity contribution in [3.05, 3.63) is 12.7 Å². The predicted octanol–water partition coefficient (Wildman–Crippen LogP) is 2.95. The number of rotatable bonds is 6. The summed E-state index contributed by atoms with van der Waals surface area (Å²) in [5.74, 6) is 0.621. The molecule has 7 nitrogen and oxygen atoms in total. The molecule has 0 aromatic rings. The van der Waals surface area contributed by atoms with Crippen LogP contribution in [0.15, 0.2) is 12.7 Å². The molecule has 0 N–H and O–H groups in total. The van der Waals surface area contributed by atoms with Gasteiger partial charge in [0.1, 0.15) is 17.8 Å². The number of ether oxygens (including phenoxy) is 4. The van der Waals surface area contributed by atoms with E-state index in [0.29, 0.717) is 18.3 Å². The smallest absolute Gasteiger partial charge is 0.335 e. The van der Waals surface area contributed by atoms with Gasteiger partial charge in [0.15, 0.2) is 6.10 Å². The van der Waals surface area contributed by atoms with Gasteiger partial charge in [-0.2, -0.15) is 0 Å². The van der Waals surface area contributed by atoms with E-state index < -0.39 is 17.3 Å². The highest BCUT2D eigenvalue weighted by Crippen LogP contribution is 2.63. The summed E-state index contributed by atoms with van der Waals surface area (Å²) in [7, 11) is 0. The Morgan fingerprint density at radius 1 is 1.19 bits per heavy atom. The van der Waals surface area contributed by atoms with Gasteiger partial charge in [-0.05, 0) is 63.2 Å². The van der Waals surface area contributed by atoms with Gasteiger partial charge in [0.2, 0.25) is 0 Å². The third-order valence-corrected chi connectivity index (χ3v) is 9.62. The van der Waals surface area contributed by atoms with E-state index in [2.05, 4.69) is 13.5 Å². The number of esters is 3. The zero-order chi connectivity index (χ0) is 22.4. The zero-order valence-corrected chi connectivity index (χ0v) is 18.8. The lowest BCUT2D eigenvalue weighted by molar-refractivity contribution is -0.267. The van der Waals surface area contributed by atoms with E-state index in [1.54, 1.807) is 6.92 Å². The standard InChI is InChI=1S/C25H32O7/c1-4-19(26)32-24-8-14-5-16(10-24)12(2)25(9-14,11-24)31-13(3)22(27)29-20-15-6-17-18(7-15)23(28)30-21(17)20/h4,12-18,20-21H,1,5-11H2,2-3H3. The summed E-state index contributed by atoms with van der Waals surface area (Å²) in [4.78, 5) is 37.2. The normalized spacial score (nSPS) is 50.2. The molecule has 6 bridgehead atoms. The number of fused-ring (bicyclic) bond motifs is 1. The maximum Gasteiger partial charge on any atom is 0.335 e. The highest BCUT2D eigenvalue weighted by atomic mass is 16.6. The average Bonchev–Trinajstić information content (AvgIpc) is 3.36. The molecule has 174 valence electrons. The van der Waals surface area contributed by atoms with E-state index in [1.807, 2.05) is 0 Å². The van der Waals surface area contributed by atoms with Gasteiger partial charge >= 0.3 is 17.9 Å². The van der Waals surface area contributed by atoms with Crippen LogP contribution in [0.3, 0.4) is 0 Å². The Morgan fingerprint density at radius 3 is 2.78 bits per heavy atom. The SMILES string of the molecule is C=CC(=O)OC12CC3CC(C1)C(C)C(OC(C)C(=O)OC1C4CC5C(=O)OC1C5C4)(C3)C2. The lowest BCUT2D eigenvalue weighted by Crippen LogP contribution is -2.66. The van der Waals surface area contributed by atoms with Gasteiger partial charge in [0, 0.05) is 24.3 Å². The Kier molecular flexibility index (Phi) is 4.41. The maximum atomic E-state index is 13.1. The lowest BCUT2D eigenvalue weighted by atomic mass is 9.48. The summed E-state index contributed by atoms with van der Waals surface area (Å²) in [5, 5.41) is 0. The first kappa shape index (κ1) is 20.7. The second-order valence-corrected chi connectivity index (χ2v) is 11.4. The fourth-order valence-electron chi connectivity index (χ4n) is 8.51. The minimum absolute atomic E-state index is 0.00374. The molecule has 1 aliphatic heterocycles. The molecule has 7 aliphatic rings. The Morgan fingerprint density at radius 2 is 2.00 bits per heavy atom. The quantitative estimate of drug-likeness (QED) is 0.354. The number of hydrogen-bond acceptors (Lipinski definition) is 7. The molecule has 11 unspecified atom stereocenters. The minimum atomic E-state index is -0.729. The van der Waals surface area contributed by atoms with Crippen LogP contribution in [0.25, 0.3) is 0 Å². The van der Waals surface area contributed by atoms with Crippen LogP contribution in [0.5, 0.6) is 0 Å². The molecule has 1 saturated heterocycles. The van der Waals surface area contributed by atoms with Crippen LogP contribution in [-0.2, 0) is 33.3 Å². The monoisotopic (exact) mass is 444 g/mol. The molecule has 11 atom stereocenters. The van der Waals surface area contributed by atoms with E-state index in [-0.39, 0.29) is 53.8 Å². The van der Waals surface area contributed by atoms with Crippen molar-refractivity contribution >= 4 is 17.9 Å². The van der Waals surface area contributed by atoms with E-state index >= 15 is 0 Å². The van der Waals surface area contributed by atoms with Crippen LogP contribution in [0, 0.1) is 35.5 Å². The second-order valence-electron chi connectivity index (χ2n) is 11.4. The van der Waals surface area contributed by atoms with Gasteiger partial charge in [-0.15, -0.1) is 0 Å².